The van der Waals surface area contributed by atoms with E-state index in [0.717, 1.165) is 187 Å². The van der Waals surface area contributed by atoms with E-state index < -0.39 is 0 Å². The summed E-state index contributed by atoms with van der Waals surface area (Å²) in [6, 6.07) is 18.9. The van der Waals surface area contributed by atoms with Gasteiger partial charge in [-0.1, -0.05) is 0 Å². The van der Waals surface area contributed by atoms with Gasteiger partial charge in [-0.2, -0.15) is 0 Å². The van der Waals surface area contributed by atoms with Crippen LogP contribution in [0.2, 0.25) is 0 Å². The molecule has 0 fully saturated rings. The van der Waals surface area contributed by atoms with Gasteiger partial charge >= 0.3 is 0 Å². The standard InChI is InChI=1S/C64H92N16S8/c1-73(2)17-25-81-49-33-41-42(34-50(49)82-26-18-74(3)4)58-65-57(41)69-59-43-35-51(83-27-19-75(5)6)52(84-28-20-76(7)8)36-44(43)61(66-59)71-63-47-39-55(87-31-23-79(13)14)56(88-32-24-80(15)16)40-48(47)64(68-63)72-62-46-38-54(86-30-22-78(11)12)53(85-29-21-77(9)10)37-45(46)60(67-62)70-58/h33-40H,17-32H2,1-16H3,(H4,65,66,67,68,69,70,71,72). The third-order valence-electron chi connectivity index (χ3n) is 14.6. The number of benzene rings is 4. The molecule has 1 aliphatic rings. The van der Waals surface area contributed by atoms with Crippen molar-refractivity contribution in [1.29, 1.82) is 0 Å². The topological polar surface area (TPSA) is 139 Å². The molecule has 8 aromatic rings. The summed E-state index contributed by atoms with van der Waals surface area (Å²) in [6.07, 6.45) is 0. The van der Waals surface area contributed by atoms with Crippen molar-refractivity contribution in [2.24, 2.45) is 20.0 Å². The van der Waals surface area contributed by atoms with Crippen LogP contribution in [0.1, 0.15) is 0 Å². The monoisotopic (exact) mass is 1340 g/mol. The highest BCUT2D eigenvalue weighted by Crippen LogP contribution is 2.45. The Labute approximate surface area is 555 Å². The van der Waals surface area contributed by atoms with Crippen LogP contribution in [-0.4, -0.2) is 270 Å². The molecule has 4 aromatic heterocycles. The second-order valence-electron chi connectivity index (χ2n) is 24.3. The van der Waals surface area contributed by atoms with Crippen molar-refractivity contribution in [2.45, 2.75) is 39.2 Å². The van der Waals surface area contributed by atoms with Gasteiger partial charge in [0.1, 0.15) is 45.2 Å². The van der Waals surface area contributed by atoms with E-state index in [9.17, 15) is 0 Å². The SMILES string of the molecule is CN(C)CCSc1cc2c3[nH]c(c2cc1SCCN(C)C)N=c1[nH]c(c2cc(SCCN(C)C)c(SCCN(C)C)cc12)=Nc1[nH]c(c2cc(SCCN(C)C)c(SCCN(C)C)cc12)N=c1[nH]c(c2cc(SCCN(C)C)c(SCCN(C)C)cc12)=N3. The molecule has 9 rings (SSSR count). The molecule has 0 spiro atoms. The summed E-state index contributed by atoms with van der Waals surface area (Å²) in [5.74, 6) is 10.6. The summed E-state index contributed by atoms with van der Waals surface area (Å²) in [4.78, 5) is 66.6. The van der Waals surface area contributed by atoms with Gasteiger partial charge in [-0.05, 0) is 161 Å². The first-order valence-electron chi connectivity index (χ1n) is 30.0. The zero-order valence-electron chi connectivity index (χ0n) is 54.6. The molecule has 88 heavy (non-hydrogen) atoms. The highest BCUT2D eigenvalue weighted by atomic mass is 32.2. The third-order valence-corrected chi connectivity index (χ3v) is 23.4. The van der Waals surface area contributed by atoms with E-state index in [1.165, 1.54) is 39.2 Å². The van der Waals surface area contributed by atoms with Crippen LogP contribution in [0.3, 0.4) is 0 Å². The minimum atomic E-state index is 0.743. The minimum absolute atomic E-state index is 0.743. The molecule has 1 aliphatic heterocycles. The first-order chi connectivity index (χ1) is 42.2. The second kappa shape index (κ2) is 32.5. The maximum Gasteiger partial charge on any atom is 0.142 e. The lowest BCUT2D eigenvalue weighted by Crippen LogP contribution is -2.15. The summed E-state index contributed by atoms with van der Waals surface area (Å²) in [5, 5.41) is 8.14. The molecular formula is C64H92N16S8. The number of nitrogens with one attached hydrogen (secondary N) is 4. The van der Waals surface area contributed by atoms with Crippen molar-refractivity contribution in [1.82, 2.24) is 59.1 Å². The summed E-state index contributed by atoms with van der Waals surface area (Å²) in [6.45, 7) is 7.70. The summed E-state index contributed by atoms with van der Waals surface area (Å²) >= 11 is 15.3. The van der Waals surface area contributed by atoms with Gasteiger partial charge in [0.15, 0.2) is 0 Å². The number of hydrogen-bond acceptors (Lipinski definition) is 20. The number of hydrogen-bond donors (Lipinski definition) is 4. The van der Waals surface area contributed by atoms with Gasteiger partial charge in [-0.25, -0.2) is 20.0 Å². The fraction of sp³-hybridized carbons (Fsp3) is 0.500. The van der Waals surface area contributed by atoms with E-state index in [0.29, 0.717) is 0 Å². The zero-order chi connectivity index (χ0) is 62.8. The van der Waals surface area contributed by atoms with Crippen molar-refractivity contribution in [3.05, 3.63) is 70.5 Å². The Bertz CT molecular complexity index is 3430. The molecule has 476 valence electrons. The molecule has 0 aliphatic carbocycles. The first-order valence-corrected chi connectivity index (χ1v) is 37.9. The quantitative estimate of drug-likeness (QED) is 0.0297. The second-order valence-corrected chi connectivity index (χ2v) is 33.4. The normalized spacial score (nSPS) is 13.0. The largest absolute Gasteiger partial charge is 0.324 e. The van der Waals surface area contributed by atoms with Crippen LogP contribution < -0.4 is 22.0 Å². The van der Waals surface area contributed by atoms with Crippen molar-refractivity contribution in [2.75, 3.05) is 211 Å². The molecule has 24 heteroatoms. The molecule has 0 radical (unpaired) electrons. The molecule has 0 saturated heterocycles. The Balaban J connectivity index is 1.42. The van der Waals surface area contributed by atoms with E-state index in [2.05, 4.69) is 220 Å². The zero-order valence-corrected chi connectivity index (χ0v) is 61.1. The summed E-state index contributed by atoms with van der Waals surface area (Å²) in [7, 11) is 34.4. The van der Waals surface area contributed by atoms with Crippen LogP contribution in [-0.2, 0) is 0 Å². The van der Waals surface area contributed by atoms with Gasteiger partial charge in [-0.15, -0.1) is 94.1 Å². The fourth-order valence-electron chi connectivity index (χ4n) is 9.55. The van der Waals surface area contributed by atoms with Gasteiger partial charge < -0.3 is 59.1 Å². The number of H-pyrrole nitrogens is 4. The predicted octanol–water partition coefficient (Wildman–Crippen LogP) is 11.0. The van der Waals surface area contributed by atoms with Crippen molar-refractivity contribution < 1.29 is 0 Å². The van der Waals surface area contributed by atoms with Gasteiger partial charge in [0.05, 0.1) is 0 Å². The van der Waals surface area contributed by atoms with E-state index in [-0.39, 0.29) is 0 Å². The minimum Gasteiger partial charge on any atom is -0.324 e. The molecule has 4 aromatic carbocycles. The van der Waals surface area contributed by atoms with Gasteiger partial charge in [0.2, 0.25) is 0 Å². The predicted molar refractivity (Wildman–Crippen MR) is 391 cm³/mol. The van der Waals surface area contributed by atoms with E-state index >= 15 is 0 Å². The lowest BCUT2D eigenvalue weighted by Gasteiger charge is -2.14. The Morgan fingerprint density at radius 1 is 0.227 bits per heavy atom. The summed E-state index contributed by atoms with van der Waals surface area (Å²) < 4.78 is 0. The van der Waals surface area contributed by atoms with Crippen LogP contribution in [0.25, 0.3) is 43.1 Å². The highest BCUT2D eigenvalue weighted by molar-refractivity contribution is 8.03. The molecular weight excluding hydrogens is 1250 g/mol. The summed E-state index contributed by atoms with van der Waals surface area (Å²) in [5.41, 5.74) is 2.97. The van der Waals surface area contributed by atoms with Crippen LogP contribution in [0.5, 0.6) is 0 Å². The molecule has 0 saturated carbocycles. The Kier molecular flexibility index (Phi) is 25.5. The van der Waals surface area contributed by atoms with Gasteiger partial charge in [-0.3, -0.25) is 0 Å². The lowest BCUT2D eigenvalue weighted by atomic mass is 10.2. The Morgan fingerprint density at radius 2 is 0.375 bits per heavy atom. The average Bonchev–Trinajstić information content (AvgIpc) is 2.33. The molecule has 5 heterocycles. The smallest absolute Gasteiger partial charge is 0.142 e. The van der Waals surface area contributed by atoms with Crippen molar-refractivity contribution in [3.63, 3.8) is 0 Å². The Morgan fingerprint density at radius 3 is 0.523 bits per heavy atom. The average molecular weight is 1340 g/mol. The number of thioether (sulfide) groups is 8. The molecule has 0 atom stereocenters. The molecule has 8 bridgehead atoms. The van der Waals surface area contributed by atoms with Crippen LogP contribution in [0.15, 0.2) is 108 Å². The molecule has 4 N–H and O–H groups in total. The lowest BCUT2D eigenvalue weighted by molar-refractivity contribution is 0.437. The van der Waals surface area contributed by atoms with E-state index in [1.807, 2.05) is 94.1 Å². The van der Waals surface area contributed by atoms with Gasteiger partial charge in [0.25, 0.3) is 0 Å². The highest BCUT2D eigenvalue weighted by Gasteiger charge is 2.22. The number of rotatable bonds is 32. The van der Waals surface area contributed by atoms with Crippen LogP contribution >= 0.6 is 94.1 Å². The number of aromatic nitrogens is 4. The van der Waals surface area contributed by atoms with Crippen molar-refractivity contribution >= 4 is 160 Å². The van der Waals surface area contributed by atoms with E-state index in [1.54, 1.807) is 0 Å². The van der Waals surface area contributed by atoms with Crippen molar-refractivity contribution in [3.8, 4) is 0 Å². The number of aromatic amines is 4. The molecule has 0 amide bonds. The first kappa shape index (κ1) is 69.1. The van der Waals surface area contributed by atoms with Crippen LogP contribution in [0.4, 0.5) is 23.3 Å². The fourth-order valence-corrected chi connectivity index (χ4v) is 19.6. The molecule has 16 nitrogen and oxygen atoms in total. The maximum absolute atomic E-state index is 5.75. The van der Waals surface area contributed by atoms with Crippen LogP contribution in [0, 0.1) is 0 Å². The van der Waals surface area contributed by atoms with E-state index in [4.69, 9.17) is 20.0 Å². The number of fused-ring (bicyclic) bond motifs is 20. The number of nitrogens with zero attached hydrogens (tertiary/aromatic N) is 12. The maximum atomic E-state index is 5.75. The van der Waals surface area contributed by atoms with Gasteiger partial charge in [0, 0.05) is 181 Å². The Hall–Kier alpha value is -3.28. The molecule has 0 unspecified atom stereocenters. The third kappa shape index (κ3) is 18.5.